The van der Waals surface area contributed by atoms with Gasteiger partial charge in [-0.2, -0.15) is 0 Å². The number of nitrogens with zero attached hydrogens (tertiary/aromatic N) is 2. The fourth-order valence-corrected chi connectivity index (χ4v) is 4.40. The minimum Gasteiger partial charge on any atom is -0.377 e. The predicted molar refractivity (Wildman–Crippen MR) is 144 cm³/mol. The topological polar surface area (TPSA) is 65.8 Å². The minimum absolute atomic E-state index is 0.0410. The Hall–Kier alpha value is -3.54. The molecule has 0 unspecified atom stereocenters. The van der Waals surface area contributed by atoms with E-state index < -0.39 is 0 Å². The number of anilines is 1. The van der Waals surface area contributed by atoms with E-state index in [4.69, 9.17) is 4.99 Å². The Bertz CT molecular complexity index is 1160. The Labute approximate surface area is 208 Å². The van der Waals surface area contributed by atoms with Gasteiger partial charge in [-0.05, 0) is 43.0 Å². The van der Waals surface area contributed by atoms with Crippen molar-refractivity contribution in [3.05, 3.63) is 89.5 Å². The highest BCUT2D eigenvalue weighted by Crippen LogP contribution is 2.33. The van der Waals surface area contributed by atoms with E-state index in [1.54, 1.807) is 25.2 Å². The van der Waals surface area contributed by atoms with Crippen molar-refractivity contribution >= 4 is 23.0 Å². The lowest BCUT2D eigenvalue weighted by Gasteiger charge is -2.28. The van der Waals surface area contributed by atoms with Crippen LogP contribution in [0, 0.1) is 5.82 Å². The number of para-hydroxylation sites is 1. The van der Waals surface area contributed by atoms with E-state index in [0.29, 0.717) is 29.5 Å². The number of hydrogen-bond donors (Lipinski definition) is 2. The second kappa shape index (κ2) is 11.7. The number of Topliss-reactive ketones (excluding diaryl/α,β-unsaturated/α-hetero) is 1. The van der Waals surface area contributed by atoms with E-state index in [2.05, 4.69) is 60.3 Å². The van der Waals surface area contributed by atoms with Crippen LogP contribution in [0.5, 0.6) is 0 Å². The number of allylic oxidation sites excluding steroid dienone is 2. The minimum atomic E-state index is -0.339. The molecule has 6 heteroatoms. The summed E-state index contributed by atoms with van der Waals surface area (Å²) in [5.41, 5.74) is 3.99. The molecule has 2 aromatic rings. The first kappa shape index (κ1) is 26.1. The third-order valence-electron chi connectivity index (χ3n) is 6.74. The molecule has 0 fully saturated rings. The number of benzene rings is 2. The molecule has 0 saturated carbocycles. The van der Waals surface area contributed by atoms with Crippen LogP contribution < -0.4 is 10.6 Å². The van der Waals surface area contributed by atoms with Crippen LogP contribution in [-0.2, 0) is 10.2 Å². The molecule has 0 saturated heterocycles. The lowest BCUT2D eigenvalue weighted by Crippen LogP contribution is -2.26. The SMILES string of the molecule is C=CC(CC)(CC)c1ccc(C(=NC)NC2=C(C)CC(=O)CC(CNc3ccccc3F)=N2)cc1. The van der Waals surface area contributed by atoms with Crippen molar-refractivity contribution in [2.75, 3.05) is 18.9 Å². The van der Waals surface area contributed by atoms with Gasteiger partial charge in [0.25, 0.3) is 0 Å². The van der Waals surface area contributed by atoms with E-state index in [1.807, 2.05) is 13.0 Å². The van der Waals surface area contributed by atoms with Crippen LogP contribution in [0.1, 0.15) is 57.6 Å². The van der Waals surface area contributed by atoms with Crippen LogP contribution in [0.2, 0.25) is 0 Å². The molecule has 0 radical (unpaired) electrons. The van der Waals surface area contributed by atoms with Crippen molar-refractivity contribution in [3.8, 4) is 0 Å². The Morgan fingerprint density at radius 1 is 1.14 bits per heavy atom. The highest BCUT2D eigenvalue weighted by atomic mass is 19.1. The maximum atomic E-state index is 14.0. The van der Waals surface area contributed by atoms with Crippen LogP contribution in [0.4, 0.5) is 10.1 Å². The normalized spacial score (nSPS) is 14.9. The van der Waals surface area contributed by atoms with E-state index in [0.717, 1.165) is 24.0 Å². The van der Waals surface area contributed by atoms with Gasteiger partial charge in [-0.15, -0.1) is 6.58 Å². The van der Waals surface area contributed by atoms with E-state index in [9.17, 15) is 9.18 Å². The Kier molecular flexibility index (Phi) is 8.74. The van der Waals surface area contributed by atoms with Crippen LogP contribution in [0.3, 0.4) is 0 Å². The first-order valence-corrected chi connectivity index (χ1v) is 12.1. The fraction of sp³-hybridized carbons (Fsp3) is 0.345. The molecule has 2 aromatic carbocycles. The molecule has 1 heterocycles. The van der Waals surface area contributed by atoms with E-state index >= 15 is 0 Å². The predicted octanol–water partition coefficient (Wildman–Crippen LogP) is 6.18. The average Bonchev–Trinajstić information content (AvgIpc) is 3.00. The molecular weight excluding hydrogens is 439 g/mol. The Balaban J connectivity index is 1.83. The number of rotatable bonds is 9. The molecule has 5 nitrogen and oxygen atoms in total. The summed E-state index contributed by atoms with van der Waals surface area (Å²) < 4.78 is 14.0. The molecule has 1 aliphatic heterocycles. The largest absolute Gasteiger partial charge is 0.377 e. The third-order valence-corrected chi connectivity index (χ3v) is 6.74. The monoisotopic (exact) mass is 474 g/mol. The van der Waals surface area contributed by atoms with Gasteiger partial charge in [0.2, 0.25) is 0 Å². The molecule has 3 rings (SSSR count). The van der Waals surface area contributed by atoms with E-state index in [-0.39, 0.29) is 30.0 Å². The number of amidine groups is 1. The second-order valence-corrected chi connectivity index (χ2v) is 8.87. The van der Waals surface area contributed by atoms with Crippen molar-refractivity contribution in [2.45, 2.75) is 51.9 Å². The lowest BCUT2D eigenvalue weighted by molar-refractivity contribution is -0.117. The van der Waals surface area contributed by atoms with Crippen LogP contribution in [0.25, 0.3) is 0 Å². The standard InChI is InChI=1S/C29H35FN4O/c1-6-29(7-2,8-3)22-15-13-21(14-16-22)28(31-5)34-27-20(4)17-24(35)18-23(33-27)19-32-26-12-10-9-11-25(26)30/h6,9-16,32H,1,7-8,17-19H2,2-5H3,(H,31,34). The van der Waals surface area contributed by atoms with Crippen molar-refractivity contribution in [1.29, 1.82) is 0 Å². The zero-order chi connectivity index (χ0) is 25.4. The van der Waals surface area contributed by atoms with Crippen molar-refractivity contribution in [3.63, 3.8) is 0 Å². The van der Waals surface area contributed by atoms with Crippen LogP contribution in [0.15, 0.2) is 82.6 Å². The molecule has 0 spiro atoms. The van der Waals surface area contributed by atoms with Crippen molar-refractivity contribution in [1.82, 2.24) is 5.32 Å². The molecule has 184 valence electrons. The van der Waals surface area contributed by atoms with Crippen LogP contribution >= 0.6 is 0 Å². The molecule has 1 aliphatic rings. The summed E-state index contributed by atoms with van der Waals surface area (Å²) in [6.45, 7) is 10.6. The number of halogens is 1. The summed E-state index contributed by atoms with van der Waals surface area (Å²) in [6.07, 6.45) is 4.53. The number of carbonyl (C=O) groups is 1. The number of hydrogen-bond acceptors (Lipinski definition) is 4. The summed E-state index contributed by atoms with van der Waals surface area (Å²) in [6, 6.07) is 14.8. The quantitative estimate of drug-likeness (QED) is 0.259. The van der Waals surface area contributed by atoms with E-state index in [1.165, 1.54) is 11.6 Å². The molecule has 2 N–H and O–H groups in total. The van der Waals surface area contributed by atoms with Crippen molar-refractivity contribution < 1.29 is 9.18 Å². The molecule has 0 aliphatic carbocycles. The maximum Gasteiger partial charge on any atom is 0.146 e. The first-order valence-electron chi connectivity index (χ1n) is 12.1. The zero-order valence-corrected chi connectivity index (χ0v) is 21.1. The molecule has 0 bridgehead atoms. The Morgan fingerprint density at radius 3 is 2.43 bits per heavy atom. The molecule has 0 aromatic heterocycles. The zero-order valence-electron chi connectivity index (χ0n) is 21.1. The first-order chi connectivity index (χ1) is 16.9. The smallest absolute Gasteiger partial charge is 0.146 e. The summed E-state index contributed by atoms with van der Waals surface area (Å²) in [4.78, 5) is 21.7. The highest BCUT2D eigenvalue weighted by molar-refractivity contribution is 6.06. The number of ketones is 1. The van der Waals surface area contributed by atoms with Gasteiger partial charge >= 0.3 is 0 Å². The van der Waals surface area contributed by atoms with Gasteiger partial charge in [-0.1, -0.05) is 56.3 Å². The summed E-state index contributed by atoms with van der Waals surface area (Å²) in [5.74, 6) is 1.01. The summed E-state index contributed by atoms with van der Waals surface area (Å²) in [7, 11) is 1.73. The number of nitrogens with one attached hydrogen (secondary N) is 2. The van der Waals surface area contributed by atoms with Gasteiger partial charge < -0.3 is 10.6 Å². The summed E-state index contributed by atoms with van der Waals surface area (Å²) >= 11 is 0. The highest BCUT2D eigenvalue weighted by Gasteiger charge is 2.24. The average molecular weight is 475 g/mol. The van der Waals surface area contributed by atoms with Gasteiger partial charge in [0, 0.05) is 36.6 Å². The molecular formula is C29H35FN4O. The van der Waals surface area contributed by atoms with Gasteiger partial charge in [-0.25, -0.2) is 9.38 Å². The number of aliphatic imine (C=N–C) groups is 2. The van der Waals surface area contributed by atoms with Crippen molar-refractivity contribution in [2.24, 2.45) is 9.98 Å². The maximum absolute atomic E-state index is 14.0. The Morgan fingerprint density at radius 2 is 1.83 bits per heavy atom. The van der Waals surface area contributed by atoms with Gasteiger partial charge in [0.1, 0.15) is 23.3 Å². The van der Waals surface area contributed by atoms with Gasteiger partial charge in [0.05, 0.1) is 12.2 Å². The number of carbonyl (C=O) groups excluding carboxylic acids is 1. The fourth-order valence-electron chi connectivity index (χ4n) is 4.40. The van der Waals surface area contributed by atoms with Gasteiger partial charge in [0.15, 0.2) is 0 Å². The third kappa shape index (κ3) is 6.13. The molecule has 0 amide bonds. The summed E-state index contributed by atoms with van der Waals surface area (Å²) in [5, 5.41) is 6.40. The molecule has 0 atom stereocenters. The second-order valence-electron chi connectivity index (χ2n) is 8.87. The van der Waals surface area contributed by atoms with Crippen LogP contribution in [-0.4, -0.2) is 30.9 Å². The lowest BCUT2D eigenvalue weighted by atomic mass is 9.76. The molecule has 35 heavy (non-hydrogen) atoms. The van der Waals surface area contributed by atoms with Gasteiger partial charge in [-0.3, -0.25) is 9.79 Å².